The molecule has 0 aliphatic rings. The van der Waals surface area contributed by atoms with E-state index < -0.39 is 0 Å². The Hall–Kier alpha value is -1.13. The molecule has 0 bridgehead atoms. The van der Waals surface area contributed by atoms with Crippen molar-refractivity contribution in [1.82, 2.24) is 15.1 Å². The molecule has 1 heterocycles. The van der Waals surface area contributed by atoms with E-state index in [0.29, 0.717) is 5.92 Å². The smallest absolute Gasteiger partial charge is 0.0649 e. The fourth-order valence-electron chi connectivity index (χ4n) is 2.19. The molecule has 0 unspecified atom stereocenters. The van der Waals surface area contributed by atoms with Crippen molar-refractivity contribution in [3.05, 3.63) is 46.2 Å². The van der Waals surface area contributed by atoms with Gasteiger partial charge in [-0.2, -0.15) is 5.10 Å². The van der Waals surface area contributed by atoms with Crippen molar-refractivity contribution in [1.29, 1.82) is 0 Å². The van der Waals surface area contributed by atoms with E-state index in [1.54, 1.807) is 0 Å². The Kier molecular flexibility index (Phi) is 4.77. The summed E-state index contributed by atoms with van der Waals surface area (Å²) in [5, 5.41) is 7.92. The van der Waals surface area contributed by atoms with Crippen molar-refractivity contribution in [2.24, 2.45) is 0 Å². The molecule has 2 rings (SSSR count). The molecule has 0 spiro atoms. The van der Waals surface area contributed by atoms with Crippen LogP contribution >= 0.6 is 15.9 Å². The van der Waals surface area contributed by atoms with E-state index in [1.807, 2.05) is 23.0 Å². The molecule has 1 aromatic heterocycles. The summed E-state index contributed by atoms with van der Waals surface area (Å²) in [6, 6.07) is 8.26. The lowest BCUT2D eigenvalue weighted by Gasteiger charge is -2.13. The third kappa shape index (κ3) is 3.25. The Bertz CT molecular complexity index is 529. The van der Waals surface area contributed by atoms with Gasteiger partial charge >= 0.3 is 0 Å². The predicted molar refractivity (Wildman–Crippen MR) is 82.7 cm³/mol. The summed E-state index contributed by atoms with van der Waals surface area (Å²) in [4.78, 5) is 0. The van der Waals surface area contributed by atoms with Crippen LogP contribution in [0.2, 0.25) is 0 Å². The lowest BCUT2D eigenvalue weighted by molar-refractivity contribution is 0.689. The minimum atomic E-state index is 0.444. The molecule has 102 valence electrons. The second-order valence-electron chi connectivity index (χ2n) is 4.88. The van der Waals surface area contributed by atoms with Crippen LogP contribution < -0.4 is 5.32 Å². The summed E-state index contributed by atoms with van der Waals surface area (Å²) in [5.74, 6) is 0.444. The van der Waals surface area contributed by atoms with Crippen LogP contribution in [0.3, 0.4) is 0 Å². The van der Waals surface area contributed by atoms with Gasteiger partial charge in [0.25, 0.3) is 0 Å². The molecular weight excluding hydrogens is 302 g/mol. The van der Waals surface area contributed by atoms with Crippen LogP contribution in [0.15, 0.2) is 34.9 Å². The topological polar surface area (TPSA) is 29.9 Å². The Morgan fingerprint density at radius 2 is 1.95 bits per heavy atom. The van der Waals surface area contributed by atoms with E-state index in [4.69, 9.17) is 0 Å². The molecule has 0 amide bonds. The third-order valence-corrected chi connectivity index (χ3v) is 3.60. The summed E-state index contributed by atoms with van der Waals surface area (Å²) in [6.07, 6.45) is 1.97. The van der Waals surface area contributed by atoms with Crippen LogP contribution in [-0.4, -0.2) is 16.3 Å². The van der Waals surface area contributed by atoms with Crippen molar-refractivity contribution in [2.75, 3.05) is 6.54 Å². The maximum atomic E-state index is 4.55. The number of nitrogens with one attached hydrogen (secondary N) is 1. The normalized spacial score (nSPS) is 11.2. The van der Waals surface area contributed by atoms with Crippen LogP contribution in [0.5, 0.6) is 0 Å². The lowest BCUT2D eigenvalue weighted by atomic mass is 10.1. The van der Waals surface area contributed by atoms with Crippen LogP contribution in [0, 0.1) is 0 Å². The zero-order valence-corrected chi connectivity index (χ0v) is 13.2. The first kappa shape index (κ1) is 14.3. The highest BCUT2D eigenvalue weighted by Crippen LogP contribution is 2.23. The quantitative estimate of drug-likeness (QED) is 0.906. The molecule has 0 saturated heterocycles. The molecule has 0 aliphatic heterocycles. The standard InChI is InChI=1S/C15H20BrN3/c1-4-17-9-12-10-18-19(15(12)11(2)3)14-7-5-13(16)6-8-14/h5-8,10-11,17H,4,9H2,1-3H3. The molecule has 0 fully saturated rings. The molecule has 0 atom stereocenters. The van der Waals surface area contributed by atoms with E-state index in [2.05, 4.69) is 59.2 Å². The SMILES string of the molecule is CCNCc1cnn(-c2ccc(Br)cc2)c1C(C)C. The summed E-state index contributed by atoms with van der Waals surface area (Å²) in [5.41, 5.74) is 3.66. The summed E-state index contributed by atoms with van der Waals surface area (Å²) in [6.45, 7) is 8.39. The second kappa shape index (κ2) is 6.35. The van der Waals surface area contributed by atoms with Gasteiger partial charge in [0.2, 0.25) is 0 Å². The molecule has 0 aliphatic carbocycles. The van der Waals surface area contributed by atoms with Crippen molar-refractivity contribution in [3.8, 4) is 5.69 Å². The van der Waals surface area contributed by atoms with Crippen molar-refractivity contribution >= 4 is 15.9 Å². The number of benzene rings is 1. The first-order valence-corrected chi connectivity index (χ1v) is 7.46. The Morgan fingerprint density at radius 1 is 1.26 bits per heavy atom. The summed E-state index contributed by atoms with van der Waals surface area (Å²) >= 11 is 3.47. The molecular formula is C15H20BrN3. The lowest BCUT2D eigenvalue weighted by Crippen LogP contribution is -2.14. The number of hydrogen-bond donors (Lipinski definition) is 1. The van der Waals surface area contributed by atoms with Crippen molar-refractivity contribution in [3.63, 3.8) is 0 Å². The molecule has 2 aromatic rings. The van der Waals surface area contributed by atoms with E-state index in [0.717, 1.165) is 23.2 Å². The Morgan fingerprint density at radius 3 is 2.53 bits per heavy atom. The fourth-order valence-corrected chi connectivity index (χ4v) is 2.46. The van der Waals surface area contributed by atoms with Crippen LogP contribution in [0.4, 0.5) is 0 Å². The average molecular weight is 322 g/mol. The van der Waals surface area contributed by atoms with Gasteiger partial charge in [-0.05, 0) is 36.7 Å². The number of rotatable bonds is 5. The fraction of sp³-hybridized carbons (Fsp3) is 0.400. The van der Waals surface area contributed by atoms with E-state index >= 15 is 0 Å². The minimum Gasteiger partial charge on any atom is -0.313 e. The van der Waals surface area contributed by atoms with Gasteiger partial charge in [-0.15, -0.1) is 0 Å². The largest absolute Gasteiger partial charge is 0.313 e. The van der Waals surface area contributed by atoms with E-state index in [9.17, 15) is 0 Å². The highest BCUT2D eigenvalue weighted by atomic mass is 79.9. The molecule has 1 N–H and O–H groups in total. The highest BCUT2D eigenvalue weighted by molar-refractivity contribution is 9.10. The third-order valence-electron chi connectivity index (χ3n) is 3.07. The van der Waals surface area contributed by atoms with E-state index in [-0.39, 0.29) is 0 Å². The van der Waals surface area contributed by atoms with Crippen molar-refractivity contribution in [2.45, 2.75) is 33.2 Å². The molecule has 0 saturated carbocycles. The number of halogens is 1. The highest BCUT2D eigenvalue weighted by Gasteiger charge is 2.14. The summed E-state index contributed by atoms with van der Waals surface area (Å²) < 4.78 is 3.13. The van der Waals surface area contributed by atoms with Crippen LogP contribution in [0.1, 0.15) is 37.9 Å². The molecule has 0 radical (unpaired) electrons. The van der Waals surface area contributed by atoms with Crippen LogP contribution in [-0.2, 0) is 6.54 Å². The first-order chi connectivity index (χ1) is 9.13. The van der Waals surface area contributed by atoms with Gasteiger partial charge in [0, 0.05) is 16.6 Å². The summed E-state index contributed by atoms with van der Waals surface area (Å²) in [7, 11) is 0. The molecule has 19 heavy (non-hydrogen) atoms. The first-order valence-electron chi connectivity index (χ1n) is 6.67. The minimum absolute atomic E-state index is 0.444. The zero-order valence-electron chi connectivity index (χ0n) is 11.7. The monoisotopic (exact) mass is 321 g/mol. The zero-order chi connectivity index (χ0) is 13.8. The molecule has 4 heteroatoms. The number of nitrogens with zero attached hydrogens (tertiary/aromatic N) is 2. The number of hydrogen-bond acceptors (Lipinski definition) is 2. The van der Waals surface area contributed by atoms with Gasteiger partial charge in [0.1, 0.15) is 0 Å². The molecule has 1 aromatic carbocycles. The van der Waals surface area contributed by atoms with Gasteiger partial charge in [-0.25, -0.2) is 4.68 Å². The van der Waals surface area contributed by atoms with Crippen LogP contribution in [0.25, 0.3) is 5.69 Å². The van der Waals surface area contributed by atoms with Gasteiger partial charge < -0.3 is 5.32 Å². The number of aromatic nitrogens is 2. The van der Waals surface area contributed by atoms with Gasteiger partial charge in [0.05, 0.1) is 17.6 Å². The maximum absolute atomic E-state index is 4.55. The van der Waals surface area contributed by atoms with Gasteiger partial charge in [0.15, 0.2) is 0 Å². The Labute approximate surface area is 123 Å². The predicted octanol–water partition coefficient (Wildman–Crippen LogP) is 3.87. The second-order valence-corrected chi connectivity index (χ2v) is 5.79. The molecule has 3 nitrogen and oxygen atoms in total. The Balaban J connectivity index is 2.39. The maximum Gasteiger partial charge on any atom is 0.0649 e. The average Bonchev–Trinajstić information content (AvgIpc) is 2.81. The van der Waals surface area contributed by atoms with Gasteiger partial charge in [-0.1, -0.05) is 36.7 Å². The van der Waals surface area contributed by atoms with E-state index in [1.165, 1.54) is 11.3 Å². The van der Waals surface area contributed by atoms with Crippen molar-refractivity contribution < 1.29 is 0 Å². The van der Waals surface area contributed by atoms with Gasteiger partial charge in [-0.3, -0.25) is 0 Å².